The van der Waals surface area contributed by atoms with Crippen LogP contribution in [0.4, 0.5) is 0 Å². The Morgan fingerprint density at radius 3 is 3.06 bits per heavy atom. The monoisotopic (exact) mass is 258 g/mol. The molecule has 1 fully saturated rings. The molecule has 0 aliphatic carbocycles. The van der Waals surface area contributed by atoms with Crippen molar-refractivity contribution in [2.75, 3.05) is 26.2 Å². The van der Waals surface area contributed by atoms with Crippen LogP contribution < -0.4 is 4.72 Å². The average molecular weight is 258 g/mol. The zero-order valence-corrected chi connectivity index (χ0v) is 10.7. The van der Waals surface area contributed by atoms with Crippen LogP contribution in [0.2, 0.25) is 0 Å². The van der Waals surface area contributed by atoms with Crippen molar-refractivity contribution < 1.29 is 8.42 Å². The third kappa shape index (κ3) is 3.05. The molecular weight excluding hydrogens is 240 g/mol. The number of nitrogens with one attached hydrogen (secondary N) is 2. The smallest absolute Gasteiger partial charge is 0.257 e. The first-order valence-electron chi connectivity index (χ1n) is 5.82. The molecule has 0 amide bonds. The summed E-state index contributed by atoms with van der Waals surface area (Å²) in [7, 11) is -3.42. The van der Waals surface area contributed by atoms with Crippen LogP contribution in [0.3, 0.4) is 0 Å². The fourth-order valence-electron chi connectivity index (χ4n) is 2.06. The van der Waals surface area contributed by atoms with Gasteiger partial charge in [-0.05, 0) is 25.4 Å². The van der Waals surface area contributed by atoms with Gasteiger partial charge in [0.15, 0.2) is 5.03 Å². The van der Waals surface area contributed by atoms with Gasteiger partial charge in [-0.15, -0.1) is 0 Å². The molecule has 1 aromatic rings. The van der Waals surface area contributed by atoms with Crippen molar-refractivity contribution in [3.63, 3.8) is 0 Å². The number of nitrogens with zero attached hydrogens (tertiary/aromatic N) is 2. The van der Waals surface area contributed by atoms with E-state index in [2.05, 4.69) is 26.5 Å². The zero-order valence-electron chi connectivity index (χ0n) is 9.89. The van der Waals surface area contributed by atoms with Gasteiger partial charge in [0.05, 0.1) is 12.5 Å². The molecule has 1 aromatic heterocycles. The first-order chi connectivity index (χ1) is 8.12. The van der Waals surface area contributed by atoms with Gasteiger partial charge in [0, 0.05) is 13.1 Å². The van der Waals surface area contributed by atoms with Crippen LogP contribution in [0.15, 0.2) is 17.6 Å². The van der Waals surface area contributed by atoms with Gasteiger partial charge in [-0.25, -0.2) is 18.1 Å². The zero-order chi connectivity index (χ0) is 12.3. The van der Waals surface area contributed by atoms with Crippen LogP contribution in [-0.4, -0.2) is 49.5 Å². The highest BCUT2D eigenvalue weighted by Gasteiger charge is 2.23. The molecule has 1 unspecified atom stereocenters. The van der Waals surface area contributed by atoms with Gasteiger partial charge in [0.1, 0.15) is 0 Å². The Balaban J connectivity index is 1.87. The molecule has 1 atom stereocenters. The quantitative estimate of drug-likeness (QED) is 0.781. The van der Waals surface area contributed by atoms with Gasteiger partial charge >= 0.3 is 0 Å². The molecule has 0 aromatic carbocycles. The van der Waals surface area contributed by atoms with Gasteiger partial charge in [-0.3, -0.25) is 0 Å². The van der Waals surface area contributed by atoms with E-state index >= 15 is 0 Å². The molecule has 0 saturated carbocycles. The van der Waals surface area contributed by atoms with Crippen LogP contribution in [0.5, 0.6) is 0 Å². The number of H-pyrrole nitrogens is 1. The fraction of sp³-hybridized carbons (Fsp3) is 0.700. The normalized spacial score (nSPS) is 22.1. The predicted octanol–water partition coefficient (Wildman–Crippen LogP) is 0.0298. The summed E-state index contributed by atoms with van der Waals surface area (Å²) in [6.07, 6.45) is 3.73. The van der Waals surface area contributed by atoms with E-state index in [4.69, 9.17) is 0 Å². The maximum Gasteiger partial charge on any atom is 0.257 e. The Morgan fingerprint density at radius 1 is 1.65 bits per heavy atom. The van der Waals surface area contributed by atoms with Gasteiger partial charge in [-0.2, -0.15) is 0 Å². The van der Waals surface area contributed by atoms with Crippen molar-refractivity contribution >= 4 is 10.0 Å². The number of hydrogen-bond donors (Lipinski definition) is 2. The van der Waals surface area contributed by atoms with Crippen LogP contribution in [0.25, 0.3) is 0 Å². The van der Waals surface area contributed by atoms with E-state index < -0.39 is 10.0 Å². The lowest BCUT2D eigenvalue weighted by molar-refractivity contribution is 0.342. The predicted molar refractivity (Wildman–Crippen MR) is 64.0 cm³/mol. The second kappa shape index (κ2) is 5.16. The molecule has 1 aliphatic heterocycles. The van der Waals surface area contributed by atoms with Crippen LogP contribution in [0, 0.1) is 5.92 Å². The lowest BCUT2D eigenvalue weighted by Gasteiger charge is -2.13. The Bertz CT molecular complexity index is 443. The number of likely N-dealkylation sites (tertiary alicyclic amines) is 1. The molecule has 1 saturated heterocycles. The Hall–Kier alpha value is -0.920. The molecule has 2 N–H and O–H groups in total. The largest absolute Gasteiger partial charge is 0.335 e. The lowest BCUT2D eigenvalue weighted by atomic mass is 10.1. The van der Waals surface area contributed by atoms with Crippen molar-refractivity contribution in [1.82, 2.24) is 19.6 Å². The standard InChI is InChI=1S/C10H18N4O2S/c1-2-14-4-3-9(7-14)5-13-17(15,16)10-6-11-8-12-10/h6,8-9,13H,2-5,7H2,1H3,(H,11,12). The molecule has 6 nitrogen and oxygen atoms in total. The van der Waals surface area contributed by atoms with E-state index in [1.807, 2.05) is 0 Å². The summed E-state index contributed by atoms with van der Waals surface area (Å²) in [6.45, 7) is 5.69. The molecule has 1 aliphatic rings. The van der Waals surface area contributed by atoms with E-state index in [1.165, 1.54) is 12.5 Å². The van der Waals surface area contributed by atoms with Crippen LogP contribution >= 0.6 is 0 Å². The minimum Gasteiger partial charge on any atom is -0.335 e. The summed E-state index contributed by atoms with van der Waals surface area (Å²) in [5, 5.41) is 0.128. The van der Waals surface area contributed by atoms with Gasteiger partial charge in [0.25, 0.3) is 10.0 Å². The van der Waals surface area contributed by atoms with E-state index in [1.54, 1.807) is 0 Å². The summed E-state index contributed by atoms with van der Waals surface area (Å²) in [5.41, 5.74) is 0. The van der Waals surface area contributed by atoms with E-state index in [0.717, 1.165) is 26.1 Å². The number of hydrogen-bond acceptors (Lipinski definition) is 4. The van der Waals surface area contributed by atoms with Crippen molar-refractivity contribution in [1.29, 1.82) is 0 Å². The number of sulfonamides is 1. The highest BCUT2D eigenvalue weighted by atomic mass is 32.2. The Morgan fingerprint density at radius 2 is 2.47 bits per heavy atom. The summed E-state index contributed by atoms with van der Waals surface area (Å²) in [6, 6.07) is 0. The van der Waals surface area contributed by atoms with Crippen molar-refractivity contribution in [3.8, 4) is 0 Å². The van der Waals surface area contributed by atoms with Crippen LogP contribution in [0.1, 0.15) is 13.3 Å². The molecule has 0 bridgehead atoms. The molecule has 2 rings (SSSR count). The number of aromatic nitrogens is 2. The molecule has 0 radical (unpaired) electrons. The minimum absolute atomic E-state index is 0.128. The van der Waals surface area contributed by atoms with Gasteiger partial charge < -0.3 is 9.88 Å². The molecular formula is C10H18N4O2S. The third-order valence-corrected chi connectivity index (χ3v) is 4.49. The molecule has 96 valence electrons. The van der Waals surface area contributed by atoms with E-state index in [9.17, 15) is 8.42 Å². The second-order valence-electron chi connectivity index (χ2n) is 4.32. The maximum atomic E-state index is 11.8. The highest BCUT2D eigenvalue weighted by Crippen LogP contribution is 2.15. The van der Waals surface area contributed by atoms with E-state index in [0.29, 0.717) is 12.5 Å². The summed E-state index contributed by atoms with van der Waals surface area (Å²) >= 11 is 0. The molecule has 2 heterocycles. The topological polar surface area (TPSA) is 78.1 Å². The first kappa shape index (κ1) is 12.5. The molecule has 0 spiro atoms. The van der Waals surface area contributed by atoms with Crippen LogP contribution in [-0.2, 0) is 10.0 Å². The number of imidazole rings is 1. The second-order valence-corrected chi connectivity index (χ2v) is 6.05. The summed E-state index contributed by atoms with van der Waals surface area (Å²) in [4.78, 5) is 8.64. The van der Waals surface area contributed by atoms with Crippen molar-refractivity contribution in [2.24, 2.45) is 5.92 Å². The highest BCUT2D eigenvalue weighted by molar-refractivity contribution is 7.89. The fourth-order valence-corrected chi connectivity index (χ4v) is 3.08. The molecule has 17 heavy (non-hydrogen) atoms. The molecule has 7 heteroatoms. The summed E-state index contributed by atoms with van der Waals surface area (Å²) in [5.74, 6) is 0.410. The van der Waals surface area contributed by atoms with Gasteiger partial charge in [0.2, 0.25) is 0 Å². The number of rotatable bonds is 5. The maximum absolute atomic E-state index is 11.8. The lowest BCUT2D eigenvalue weighted by Crippen LogP contribution is -2.31. The average Bonchev–Trinajstić information content (AvgIpc) is 2.98. The third-order valence-electron chi connectivity index (χ3n) is 3.14. The Labute approximate surface area is 101 Å². The minimum atomic E-state index is -3.42. The van der Waals surface area contributed by atoms with Crippen molar-refractivity contribution in [3.05, 3.63) is 12.5 Å². The van der Waals surface area contributed by atoms with E-state index in [-0.39, 0.29) is 5.03 Å². The number of aromatic amines is 1. The first-order valence-corrected chi connectivity index (χ1v) is 7.30. The van der Waals surface area contributed by atoms with Crippen molar-refractivity contribution in [2.45, 2.75) is 18.4 Å². The Kier molecular flexibility index (Phi) is 3.80. The summed E-state index contributed by atoms with van der Waals surface area (Å²) < 4.78 is 26.2. The SMILES string of the molecule is CCN1CCC(CNS(=O)(=O)c2cnc[nH]2)C1. The van der Waals surface area contributed by atoms with Gasteiger partial charge in [-0.1, -0.05) is 6.92 Å².